The number of carbonyl (C=O) groups is 1. The number of nitrogens with one attached hydrogen (secondary N) is 2. The average Bonchev–Trinajstić information content (AvgIpc) is 3.22. The summed E-state index contributed by atoms with van der Waals surface area (Å²) in [5.74, 6) is -0.281. The molecule has 0 bridgehead atoms. The zero-order valence-electron chi connectivity index (χ0n) is 15.9. The summed E-state index contributed by atoms with van der Waals surface area (Å²) in [4.78, 5) is 16.9. The van der Waals surface area contributed by atoms with Crippen molar-refractivity contribution in [2.24, 2.45) is 0 Å². The molecule has 4 rings (SSSR count). The fraction of sp³-hybridized carbons (Fsp3) is 0.0952. The number of aromatic nitrogens is 3. The first-order valence-electron chi connectivity index (χ1n) is 9.03. The van der Waals surface area contributed by atoms with Crippen LogP contribution in [0.5, 0.6) is 0 Å². The van der Waals surface area contributed by atoms with Crippen molar-refractivity contribution in [1.29, 1.82) is 0 Å². The van der Waals surface area contributed by atoms with Gasteiger partial charge in [-0.2, -0.15) is 5.10 Å². The molecule has 0 saturated heterocycles. The van der Waals surface area contributed by atoms with Gasteiger partial charge in [0.15, 0.2) is 5.65 Å². The first-order chi connectivity index (χ1) is 14.4. The first kappa shape index (κ1) is 20.1. The van der Waals surface area contributed by atoms with E-state index in [-0.39, 0.29) is 22.2 Å². The minimum atomic E-state index is -3.69. The van der Waals surface area contributed by atoms with Crippen LogP contribution in [0, 0.1) is 6.92 Å². The lowest BCUT2D eigenvalue weighted by Gasteiger charge is -2.10. The van der Waals surface area contributed by atoms with E-state index in [0.717, 1.165) is 10.9 Å². The maximum absolute atomic E-state index is 12.9. The van der Waals surface area contributed by atoms with Gasteiger partial charge in [-0.25, -0.2) is 13.4 Å². The molecule has 0 aliphatic rings. The molecule has 0 fully saturated rings. The van der Waals surface area contributed by atoms with Crippen molar-refractivity contribution in [1.82, 2.24) is 20.5 Å². The molecule has 0 saturated carbocycles. The zero-order chi connectivity index (χ0) is 21.3. The smallest absolute Gasteiger partial charge is 0.253 e. The topological polar surface area (TPSA) is 105 Å². The number of pyridine rings is 1. The number of hydrogen-bond acceptors (Lipinski definition) is 5. The van der Waals surface area contributed by atoms with E-state index in [1.54, 1.807) is 43.5 Å². The van der Waals surface area contributed by atoms with Gasteiger partial charge in [-0.05, 0) is 48.4 Å². The Bertz CT molecular complexity index is 1350. The number of carbonyl (C=O) groups excluding carboxylic acids is 1. The molecule has 0 aliphatic heterocycles. The lowest BCUT2D eigenvalue weighted by molar-refractivity contribution is 0.0950. The van der Waals surface area contributed by atoms with Crippen molar-refractivity contribution in [3.8, 4) is 0 Å². The summed E-state index contributed by atoms with van der Waals surface area (Å²) < 4.78 is 25.8. The molecular formula is C21H17ClN4O3S. The van der Waals surface area contributed by atoms with Gasteiger partial charge in [0, 0.05) is 23.2 Å². The molecule has 30 heavy (non-hydrogen) atoms. The van der Waals surface area contributed by atoms with Gasteiger partial charge in [0.25, 0.3) is 5.91 Å². The van der Waals surface area contributed by atoms with Crippen LogP contribution in [-0.2, 0) is 16.4 Å². The second-order valence-electron chi connectivity index (χ2n) is 6.72. The van der Waals surface area contributed by atoms with Crippen LogP contribution in [0.1, 0.15) is 21.5 Å². The Morgan fingerprint density at radius 2 is 1.90 bits per heavy atom. The minimum absolute atomic E-state index is 0.164. The maximum Gasteiger partial charge on any atom is 0.253 e. The van der Waals surface area contributed by atoms with Crippen molar-refractivity contribution in [3.05, 3.63) is 82.6 Å². The van der Waals surface area contributed by atoms with E-state index < -0.39 is 9.84 Å². The van der Waals surface area contributed by atoms with Crippen LogP contribution in [0.3, 0.4) is 0 Å². The standard InChI is InChI=1S/C21H17ClN4O3S/c1-13-18(22)3-2-4-19(13)30(28,29)17-7-5-14(6-8-17)10-24-21(27)16-9-15-12-25-26-20(15)23-11-16/h2-9,11-12H,10H2,1H3,(H,24,27)(H,23,25,26). The molecule has 4 aromatic rings. The van der Waals surface area contributed by atoms with Gasteiger partial charge in [-0.15, -0.1) is 0 Å². The highest BCUT2D eigenvalue weighted by atomic mass is 35.5. The van der Waals surface area contributed by atoms with Crippen LogP contribution in [0.25, 0.3) is 11.0 Å². The van der Waals surface area contributed by atoms with Crippen molar-refractivity contribution in [2.45, 2.75) is 23.3 Å². The third kappa shape index (κ3) is 3.79. The van der Waals surface area contributed by atoms with Crippen molar-refractivity contribution in [2.75, 3.05) is 0 Å². The number of rotatable bonds is 5. The monoisotopic (exact) mass is 440 g/mol. The number of hydrogen-bond donors (Lipinski definition) is 2. The van der Waals surface area contributed by atoms with Crippen molar-refractivity contribution >= 4 is 38.4 Å². The number of benzene rings is 2. The predicted molar refractivity (Wildman–Crippen MR) is 113 cm³/mol. The predicted octanol–water partition coefficient (Wildman–Crippen LogP) is 3.68. The molecule has 2 N–H and O–H groups in total. The molecule has 0 aliphatic carbocycles. The van der Waals surface area contributed by atoms with Crippen LogP contribution in [0.4, 0.5) is 0 Å². The summed E-state index contributed by atoms with van der Waals surface area (Å²) in [5, 5.41) is 10.6. The van der Waals surface area contributed by atoms with E-state index in [1.165, 1.54) is 24.4 Å². The minimum Gasteiger partial charge on any atom is -0.348 e. The lowest BCUT2D eigenvalue weighted by Crippen LogP contribution is -2.22. The first-order valence-corrected chi connectivity index (χ1v) is 10.9. The fourth-order valence-electron chi connectivity index (χ4n) is 3.04. The number of halogens is 1. The zero-order valence-corrected chi connectivity index (χ0v) is 17.5. The van der Waals surface area contributed by atoms with Gasteiger partial charge in [-0.1, -0.05) is 29.8 Å². The second-order valence-corrected chi connectivity index (χ2v) is 9.05. The van der Waals surface area contributed by atoms with E-state index in [9.17, 15) is 13.2 Å². The summed E-state index contributed by atoms with van der Waals surface area (Å²) >= 11 is 6.07. The number of nitrogens with zero attached hydrogens (tertiary/aromatic N) is 2. The normalized spacial score (nSPS) is 11.5. The van der Waals surface area contributed by atoms with Gasteiger partial charge < -0.3 is 5.32 Å². The molecule has 2 heterocycles. The highest BCUT2D eigenvalue weighted by Crippen LogP contribution is 2.28. The molecule has 0 atom stereocenters. The number of aromatic amines is 1. The van der Waals surface area contributed by atoms with Crippen molar-refractivity contribution in [3.63, 3.8) is 0 Å². The van der Waals surface area contributed by atoms with Crippen LogP contribution in [0.15, 0.2) is 70.7 Å². The molecular weight excluding hydrogens is 424 g/mol. The van der Waals surface area contributed by atoms with Gasteiger partial charge >= 0.3 is 0 Å². The molecule has 7 nitrogen and oxygen atoms in total. The summed E-state index contributed by atoms with van der Waals surface area (Å²) in [6, 6.07) is 12.9. The van der Waals surface area contributed by atoms with Gasteiger partial charge in [0.1, 0.15) is 0 Å². The van der Waals surface area contributed by atoms with Crippen molar-refractivity contribution < 1.29 is 13.2 Å². The molecule has 0 spiro atoms. The van der Waals surface area contributed by atoms with E-state index in [2.05, 4.69) is 20.5 Å². The Labute approximate surface area is 178 Å². The number of fused-ring (bicyclic) bond motifs is 1. The molecule has 152 valence electrons. The van der Waals surface area contributed by atoms with E-state index in [0.29, 0.717) is 21.8 Å². The number of amides is 1. The van der Waals surface area contributed by atoms with Gasteiger partial charge in [0.2, 0.25) is 9.84 Å². The molecule has 1 amide bonds. The van der Waals surface area contributed by atoms with Crippen LogP contribution >= 0.6 is 11.6 Å². The third-order valence-corrected chi connectivity index (χ3v) is 7.07. The van der Waals surface area contributed by atoms with E-state index in [4.69, 9.17) is 11.6 Å². The summed E-state index contributed by atoms with van der Waals surface area (Å²) in [6.45, 7) is 1.92. The third-order valence-electron chi connectivity index (χ3n) is 4.75. The highest BCUT2D eigenvalue weighted by molar-refractivity contribution is 7.91. The average molecular weight is 441 g/mol. The molecule has 2 aromatic heterocycles. The molecule has 0 unspecified atom stereocenters. The Kier molecular flexibility index (Phi) is 5.27. The molecule has 2 aromatic carbocycles. The van der Waals surface area contributed by atoms with E-state index in [1.807, 2.05) is 0 Å². The molecule has 0 radical (unpaired) electrons. The molecule has 9 heteroatoms. The summed E-state index contributed by atoms with van der Waals surface area (Å²) in [5.41, 5.74) is 2.30. The highest BCUT2D eigenvalue weighted by Gasteiger charge is 2.21. The Morgan fingerprint density at radius 3 is 2.67 bits per heavy atom. The quantitative estimate of drug-likeness (QED) is 0.492. The van der Waals surface area contributed by atoms with Gasteiger partial charge in [0.05, 0.1) is 21.6 Å². The second kappa shape index (κ2) is 7.89. The largest absolute Gasteiger partial charge is 0.348 e. The maximum atomic E-state index is 12.9. The van der Waals surface area contributed by atoms with Gasteiger partial charge in [-0.3, -0.25) is 9.89 Å². The Balaban J connectivity index is 1.48. The Hall–Kier alpha value is -3.23. The van der Waals surface area contributed by atoms with Crippen LogP contribution in [0.2, 0.25) is 5.02 Å². The van der Waals surface area contributed by atoms with Crippen LogP contribution in [-0.4, -0.2) is 29.5 Å². The fourth-order valence-corrected chi connectivity index (χ4v) is 4.79. The number of sulfone groups is 1. The number of H-pyrrole nitrogens is 1. The SMILES string of the molecule is Cc1c(Cl)cccc1S(=O)(=O)c1ccc(CNC(=O)c2cnc3[nH]ncc3c2)cc1. The lowest BCUT2D eigenvalue weighted by atomic mass is 10.2. The van der Waals surface area contributed by atoms with Crippen LogP contribution < -0.4 is 5.32 Å². The summed E-state index contributed by atoms with van der Waals surface area (Å²) in [7, 11) is -3.69. The summed E-state index contributed by atoms with van der Waals surface area (Å²) in [6.07, 6.45) is 3.07. The van der Waals surface area contributed by atoms with E-state index >= 15 is 0 Å². The Morgan fingerprint density at radius 1 is 1.13 bits per heavy atom.